The van der Waals surface area contributed by atoms with Crippen molar-refractivity contribution in [3.63, 3.8) is 0 Å². The highest BCUT2D eigenvalue weighted by Crippen LogP contribution is 2.36. The third-order valence-electron chi connectivity index (χ3n) is 6.86. The minimum Gasteiger partial charge on any atom is -0.384 e. The van der Waals surface area contributed by atoms with Gasteiger partial charge in [-0.15, -0.1) is 0 Å². The molecule has 4 aliphatic rings. The molecule has 10 heteroatoms. The van der Waals surface area contributed by atoms with E-state index in [4.69, 9.17) is 25.2 Å². The number of nitrogens with zero attached hydrogens (tertiary/aromatic N) is 5. The Morgan fingerprint density at radius 2 is 1.47 bits per heavy atom. The number of alkyl halides is 2. The largest absolute Gasteiger partial charge is 0.384 e. The molecule has 4 atom stereocenters. The van der Waals surface area contributed by atoms with Crippen LogP contribution in [0, 0.1) is 0 Å². The number of nitrogens with two attached hydrogens (primary N) is 1. The van der Waals surface area contributed by atoms with E-state index in [9.17, 15) is 8.78 Å². The Kier molecular flexibility index (Phi) is 4.87. The molecule has 4 aliphatic heterocycles. The van der Waals surface area contributed by atoms with Crippen molar-refractivity contribution in [1.29, 1.82) is 0 Å². The molecule has 0 amide bonds. The Morgan fingerprint density at radius 3 is 2.06 bits per heavy atom. The van der Waals surface area contributed by atoms with Gasteiger partial charge in [0.1, 0.15) is 11.6 Å². The van der Waals surface area contributed by atoms with Crippen LogP contribution in [0.3, 0.4) is 0 Å². The molecule has 0 spiro atoms. The average molecular weight is 444 g/mol. The second-order valence-electron chi connectivity index (χ2n) is 9.13. The van der Waals surface area contributed by atoms with E-state index in [0.29, 0.717) is 24.7 Å². The van der Waals surface area contributed by atoms with Gasteiger partial charge >= 0.3 is 0 Å². The summed E-state index contributed by atoms with van der Waals surface area (Å²) >= 11 is 0. The monoisotopic (exact) mass is 444 g/mol. The van der Waals surface area contributed by atoms with Crippen LogP contribution < -0.4 is 15.5 Å². The van der Waals surface area contributed by atoms with Gasteiger partial charge in [0.25, 0.3) is 6.43 Å². The summed E-state index contributed by atoms with van der Waals surface area (Å²) in [7, 11) is 0. The van der Waals surface area contributed by atoms with Crippen molar-refractivity contribution in [2.75, 3.05) is 41.7 Å². The summed E-state index contributed by atoms with van der Waals surface area (Å²) in [5.41, 5.74) is 6.24. The van der Waals surface area contributed by atoms with Gasteiger partial charge < -0.3 is 25.0 Å². The maximum absolute atomic E-state index is 13.8. The number of hydrogen-bond donors (Lipinski definition) is 1. The van der Waals surface area contributed by atoms with Gasteiger partial charge in [0.2, 0.25) is 5.95 Å². The number of aromatic nitrogens is 3. The number of anilines is 3. The average Bonchev–Trinajstić information content (AvgIpc) is 3.32. The summed E-state index contributed by atoms with van der Waals surface area (Å²) < 4.78 is 39.6. The molecular formula is C22H26F2N6O2. The Morgan fingerprint density at radius 1 is 0.875 bits per heavy atom. The second-order valence-corrected chi connectivity index (χ2v) is 9.13. The van der Waals surface area contributed by atoms with Crippen molar-refractivity contribution in [2.45, 2.75) is 56.5 Å². The number of fused-ring (bicyclic) bond motifs is 4. The van der Waals surface area contributed by atoms with E-state index >= 15 is 0 Å². The lowest BCUT2D eigenvalue weighted by atomic mass is 10.1. The topological polar surface area (TPSA) is 89.6 Å². The first-order valence-corrected chi connectivity index (χ1v) is 11.3. The van der Waals surface area contributed by atoms with E-state index in [2.05, 4.69) is 14.8 Å². The molecule has 0 radical (unpaired) electrons. The summed E-state index contributed by atoms with van der Waals surface area (Å²) in [5, 5.41) is 0. The fraction of sp³-hybridized carbons (Fsp3) is 0.591. The van der Waals surface area contributed by atoms with Gasteiger partial charge in [-0.1, -0.05) is 0 Å². The van der Waals surface area contributed by atoms with Crippen molar-refractivity contribution >= 4 is 17.6 Å². The zero-order valence-corrected chi connectivity index (χ0v) is 17.7. The van der Waals surface area contributed by atoms with Crippen LogP contribution in [0.25, 0.3) is 11.3 Å². The number of hydrogen-bond acceptors (Lipinski definition) is 8. The molecule has 0 aromatic carbocycles. The Labute approximate surface area is 184 Å². The minimum absolute atomic E-state index is 0.0630. The van der Waals surface area contributed by atoms with E-state index < -0.39 is 6.43 Å². The third kappa shape index (κ3) is 3.65. The van der Waals surface area contributed by atoms with Gasteiger partial charge in [0.15, 0.2) is 0 Å². The summed E-state index contributed by atoms with van der Waals surface area (Å²) in [6.45, 7) is 2.88. The molecule has 2 N–H and O–H groups in total. The molecule has 8 nitrogen and oxygen atoms in total. The first-order chi connectivity index (χ1) is 15.5. The van der Waals surface area contributed by atoms with E-state index in [0.717, 1.165) is 44.6 Å². The van der Waals surface area contributed by atoms with Crippen LogP contribution in [-0.4, -0.2) is 65.5 Å². The molecule has 170 valence electrons. The molecule has 4 bridgehead atoms. The molecule has 2 aromatic heterocycles. The Balaban J connectivity index is 1.43. The summed E-state index contributed by atoms with van der Waals surface area (Å²) in [5.74, 6) is 1.35. The highest BCUT2D eigenvalue weighted by atomic mass is 19.3. The van der Waals surface area contributed by atoms with Crippen LogP contribution in [0.1, 0.15) is 37.7 Å². The standard InChI is InChI=1S/C22H26F2N6O2/c23-21(24)16-5-19(25)26-7-17(16)18-6-20(29-8-12-1-2-13(9-29)31-12)28-22(27-18)30-10-14-3-4-15(11-30)32-14/h5-7,12-15,21H,1-4,8-11H2,(H2,25,26). The van der Waals surface area contributed by atoms with Gasteiger partial charge in [-0.2, -0.15) is 4.98 Å². The molecule has 0 aliphatic carbocycles. The molecule has 32 heavy (non-hydrogen) atoms. The normalized spacial score (nSPS) is 29.2. The zero-order chi connectivity index (χ0) is 21.8. The number of pyridine rings is 1. The lowest BCUT2D eigenvalue weighted by molar-refractivity contribution is 0.0295. The highest BCUT2D eigenvalue weighted by molar-refractivity contribution is 5.69. The highest BCUT2D eigenvalue weighted by Gasteiger charge is 2.37. The fourth-order valence-corrected chi connectivity index (χ4v) is 5.33. The number of ether oxygens (including phenoxy) is 2. The quantitative estimate of drug-likeness (QED) is 0.770. The molecule has 4 saturated heterocycles. The smallest absolute Gasteiger partial charge is 0.264 e. The molecule has 0 saturated carbocycles. The summed E-state index contributed by atoms with van der Waals surface area (Å²) in [6, 6.07) is 3.02. The Bertz CT molecular complexity index is 952. The van der Waals surface area contributed by atoms with Crippen LogP contribution in [0.2, 0.25) is 0 Å². The van der Waals surface area contributed by atoms with Crippen LogP contribution in [-0.2, 0) is 9.47 Å². The van der Waals surface area contributed by atoms with Crippen molar-refractivity contribution in [3.05, 3.63) is 23.9 Å². The lowest BCUT2D eigenvalue weighted by Crippen LogP contribution is -2.45. The maximum atomic E-state index is 13.8. The number of halogens is 2. The van der Waals surface area contributed by atoms with Gasteiger partial charge in [-0.25, -0.2) is 18.7 Å². The summed E-state index contributed by atoms with van der Waals surface area (Å²) in [6.07, 6.45) is 3.53. The SMILES string of the molecule is Nc1cc(C(F)F)c(-c2cc(N3CC4CCC(C3)O4)nc(N3CC4CCC(C3)O4)n2)cn1. The van der Waals surface area contributed by atoms with Crippen molar-refractivity contribution in [2.24, 2.45) is 0 Å². The first kappa shape index (κ1) is 20.0. The van der Waals surface area contributed by atoms with E-state index in [1.54, 1.807) is 6.07 Å². The van der Waals surface area contributed by atoms with Crippen molar-refractivity contribution in [3.8, 4) is 11.3 Å². The third-order valence-corrected chi connectivity index (χ3v) is 6.86. The minimum atomic E-state index is -2.68. The Hall–Kier alpha value is -2.59. The van der Waals surface area contributed by atoms with Crippen molar-refractivity contribution in [1.82, 2.24) is 15.0 Å². The molecule has 6 rings (SSSR count). The fourth-order valence-electron chi connectivity index (χ4n) is 5.33. The predicted molar refractivity (Wildman–Crippen MR) is 115 cm³/mol. The van der Waals surface area contributed by atoms with E-state index in [-0.39, 0.29) is 41.4 Å². The molecular weight excluding hydrogens is 418 g/mol. The van der Waals surface area contributed by atoms with Crippen LogP contribution in [0.4, 0.5) is 26.4 Å². The maximum Gasteiger partial charge on any atom is 0.264 e. The van der Waals surface area contributed by atoms with E-state index in [1.807, 2.05) is 0 Å². The second kappa shape index (κ2) is 7.77. The first-order valence-electron chi connectivity index (χ1n) is 11.3. The lowest BCUT2D eigenvalue weighted by Gasteiger charge is -2.35. The van der Waals surface area contributed by atoms with Crippen molar-refractivity contribution < 1.29 is 18.3 Å². The van der Waals surface area contributed by atoms with Gasteiger partial charge in [0, 0.05) is 49.6 Å². The van der Waals surface area contributed by atoms with Gasteiger partial charge in [-0.05, 0) is 31.7 Å². The number of morpholine rings is 2. The van der Waals surface area contributed by atoms with Crippen LogP contribution >= 0.6 is 0 Å². The molecule has 6 heterocycles. The van der Waals surface area contributed by atoms with Gasteiger partial charge in [-0.3, -0.25) is 0 Å². The van der Waals surface area contributed by atoms with Crippen LogP contribution in [0.15, 0.2) is 18.3 Å². The molecule has 4 fully saturated rings. The molecule has 2 aromatic rings. The van der Waals surface area contributed by atoms with E-state index in [1.165, 1.54) is 12.3 Å². The predicted octanol–water partition coefficient (Wildman–Crippen LogP) is 2.79. The van der Waals surface area contributed by atoms with Gasteiger partial charge in [0.05, 0.1) is 30.1 Å². The number of rotatable bonds is 4. The van der Waals surface area contributed by atoms with Crippen LogP contribution in [0.5, 0.6) is 0 Å². The number of nitrogen functional groups attached to an aromatic ring is 1. The summed E-state index contributed by atoms with van der Waals surface area (Å²) in [4.78, 5) is 18.0. The zero-order valence-electron chi connectivity index (χ0n) is 17.7. The molecule has 4 unspecified atom stereocenters.